The monoisotopic (exact) mass is 391 g/mol. The van der Waals surface area contributed by atoms with Gasteiger partial charge in [0.15, 0.2) is 6.61 Å². The van der Waals surface area contributed by atoms with Gasteiger partial charge in [-0.05, 0) is 36.2 Å². The Balaban J connectivity index is 2.13. The van der Waals surface area contributed by atoms with E-state index in [1.54, 1.807) is 6.92 Å². The highest BCUT2D eigenvalue weighted by atomic mass is 19.1. The standard InChI is InChI=1S/C20H16F3NO4/c1-10-13(7-11-3-4-12(21)8-15(11)23)20(26)24-19-14(22)5-6-16(18(10)19)28-9-17(25)27-2/h3-6,8H,7,9H2,1-2H3,(H,24,26). The maximum absolute atomic E-state index is 14.2. The molecule has 0 fully saturated rings. The lowest BCUT2D eigenvalue weighted by Crippen LogP contribution is -2.18. The van der Waals surface area contributed by atoms with Crippen LogP contribution in [0.2, 0.25) is 0 Å². The number of methoxy groups -OCH3 is 1. The fourth-order valence-electron chi connectivity index (χ4n) is 2.95. The van der Waals surface area contributed by atoms with Crippen molar-refractivity contribution >= 4 is 16.9 Å². The summed E-state index contributed by atoms with van der Waals surface area (Å²) >= 11 is 0. The summed E-state index contributed by atoms with van der Waals surface area (Å²) in [7, 11) is 1.20. The van der Waals surface area contributed by atoms with Crippen LogP contribution in [0.4, 0.5) is 13.2 Å². The number of H-pyrrole nitrogens is 1. The maximum Gasteiger partial charge on any atom is 0.343 e. The molecule has 0 amide bonds. The van der Waals surface area contributed by atoms with Gasteiger partial charge in [0, 0.05) is 23.4 Å². The van der Waals surface area contributed by atoms with Gasteiger partial charge in [0.25, 0.3) is 5.56 Å². The number of carbonyl (C=O) groups excluding carboxylic acids is 1. The van der Waals surface area contributed by atoms with Crippen molar-refractivity contribution in [2.24, 2.45) is 0 Å². The molecule has 2 aromatic carbocycles. The van der Waals surface area contributed by atoms with Crippen LogP contribution in [0.15, 0.2) is 35.1 Å². The van der Waals surface area contributed by atoms with E-state index >= 15 is 0 Å². The zero-order valence-electron chi connectivity index (χ0n) is 15.1. The summed E-state index contributed by atoms with van der Waals surface area (Å²) in [5.41, 5.74) is -0.0397. The van der Waals surface area contributed by atoms with Crippen molar-refractivity contribution < 1.29 is 27.4 Å². The van der Waals surface area contributed by atoms with Gasteiger partial charge in [0.05, 0.1) is 12.6 Å². The van der Waals surface area contributed by atoms with Crippen LogP contribution in [0.5, 0.6) is 5.75 Å². The number of aromatic nitrogens is 1. The second kappa shape index (κ2) is 7.75. The first-order chi connectivity index (χ1) is 13.3. The third-order valence-electron chi connectivity index (χ3n) is 4.41. The highest BCUT2D eigenvalue weighted by Gasteiger charge is 2.18. The topological polar surface area (TPSA) is 68.4 Å². The number of ether oxygens (including phenoxy) is 2. The van der Waals surface area contributed by atoms with Gasteiger partial charge in [0.2, 0.25) is 0 Å². The zero-order valence-corrected chi connectivity index (χ0v) is 15.1. The van der Waals surface area contributed by atoms with Gasteiger partial charge in [-0.1, -0.05) is 6.07 Å². The Morgan fingerprint density at radius 2 is 1.86 bits per heavy atom. The van der Waals surface area contributed by atoms with E-state index in [1.165, 1.54) is 19.2 Å². The van der Waals surface area contributed by atoms with Gasteiger partial charge >= 0.3 is 5.97 Å². The van der Waals surface area contributed by atoms with Crippen molar-refractivity contribution in [1.29, 1.82) is 0 Å². The van der Waals surface area contributed by atoms with E-state index in [0.717, 1.165) is 18.2 Å². The fourth-order valence-corrected chi connectivity index (χ4v) is 2.95. The number of carbonyl (C=O) groups is 1. The minimum Gasteiger partial charge on any atom is -0.481 e. The predicted octanol–water partition coefficient (Wildman–Crippen LogP) is 3.40. The molecule has 0 aliphatic rings. The molecule has 1 N–H and O–H groups in total. The van der Waals surface area contributed by atoms with Crippen LogP contribution in [-0.4, -0.2) is 24.7 Å². The van der Waals surface area contributed by atoms with Crippen molar-refractivity contribution in [3.05, 3.63) is 74.8 Å². The number of rotatable bonds is 5. The molecule has 5 nitrogen and oxygen atoms in total. The normalized spacial score (nSPS) is 10.9. The minimum atomic E-state index is -0.791. The molecular formula is C20H16F3NO4. The van der Waals surface area contributed by atoms with E-state index in [2.05, 4.69) is 9.72 Å². The van der Waals surface area contributed by atoms with Gasteiger partial charge in [0.1, 0.15) is 23.2 Å². The first kappa shape index (κ1) is 19.5. The number of nitrogens with one attached hydrogen (secondary N) is 1. The van der Waals surface area contributed by atoms with Crippen molar-refractivity contribution in [2.75, 3.05) is 13.7 Å². The van der Waals surface area contributed by atoms with Crippen LogP contribution >= 0.6 is 0 Å². The molecule has 0 saturated carbocycles. The number of fused-ring (bicyclic) bond motifs is 1. The highest BCUT2D eigenvalue weighted by molar-refractivity contribution is 5.89. The van der Waals surface area contributed by atoms with E-state index < -0.39 is 35.6 Å². The Morgan fingerprint density at radius 1 is 1.11 bits per heavy atom. The van der Waals surface area contributed by atoms with Crippen LogP contribution < -0.4 is 10.3 Å². The largest absolute Gasteiger partial charge is 0.481 e. The fraction of sp³-hybridized carbons (Fsp3) is 0.200. The number of hydrogen-bond donors (Lipinski definition) is 1. The average molecular weight is 391 g/mol. The number of aromatic amines is 1. The van der Waals surface area contributed by atoms with Gasteiger partial charge in [-0.3, -0.25) is 4.79 Å². The molecule has 0 aliphatic heterocycles. The molecule has 3 aromatic rings. The maximum atomic E-state index is 14.2. The third-order valence-corrected chi connectivity index (χ3v) is 4.41. The molecule has 1 aromatic heterocycles. The summed E-state index contributed by atoms with van der Waals surface area (Å²) in [6.45, 7) is 1.16. The molecule has 146 valence electrons. The van der Waals surface area contributed by atoms with Gasteiger partial charge in [-0.2, -0.15) is 0 Å². The SMILES string of the molecule is COC(=O)COc1ccc(F)c2[nH]c(=O)c(Cc3ccc(F)cc3F)c(C)c12. The molecule has 1 heterocycles. The molecule has 0 spiro atoms. The van der Waals surface area contributed by atoms with Crippen LogP contribution in [0, 0.1) is 24.4 Å². The summed E-state index contributed by atoms with van der Waals surface area (Å²) in [4.78, 5) is 26.3. The number of esters is 1. The van der Waals surface area contributed by atoms with Gasteiger partial charge in [-0.25, -0.2) is 18.0 Å². The van der Waals surface area contributed by atoms with E-state index in [0.29, 0.717) is 5.56 Å². The van der Waals surface area contributed by atoms with E-state index in [9.17, 15) is 22.8 Å². The molecule has 0 unspecified atom stereocenters. The van der Waals surface area contributed by atoms with E-state index in [4.69, 9.17) is 4.74 Å². The lowest BCUT2D eigenvalue weighted by Gasteiger charge is -2.14. The van der Waals surface area contributed by atoms with E-state index in [1.807, 2.05) is 0 Å². The molecule has 28 heavy (non-hydrogen) atoms. The van der Waals surface area contributed by atoms with Crippen molar-refractivity contribution in [3.63, 3.8) is 0 Å². The number of hydrogen-bond acceptors (Lipinski definition) is 4. The van der Waals surface area contributed by atoms with Crippen LogP contribution in [0.3, 0.4) is 0 Å². The molecule has 8 heteroatoms. The van der Waals surface area contributed by atoms with Crippen molar-refractivity contribution in [3.8, 4) is 5.75 Å². The number of halogens is 3. The summed E-state index contributed by atoms with van der Waals surface area (Å²) in [6.07, 6.45) is -0.129. The molecule has 0 radical (unpaired) electrons. The first-order valence-electron chi connectivity index (χ1n) is 8.29. The summed E-state index contributed by atoms with van der Waals surface area (Å²) in [6, 6.07) is 5.49. The first-order valence-corrected chi connectivity index (χ1v) is 8.29. The molecular weight excluding hydrogens is 375 g/mol. The van der Waals surface area contributed by atoms with Crippen molar-refractivity contribution in [1.82, 2.24) is 4.98 Å². The van der Waals surface area contributed by atoms with Crippen LogP contribution in [-0.2, 0) is 16.0 Å². The van der Waals surface area contributed by atoms with E-state index in [-0.39, 0.29) is 34.2 Å². The average Bonchev–Trinajstić information content (AvgIpc) is 2.66. The summed E-state index contributed by atoms with van der Waals surface area (Å²) < 4.78 is 51.3. The number of aryl methyl sites for hydroxylation is 1. The molecule has 0 atom stereocenters. The third kappa shape index (κ3) is 3.71. The summed E-state index contributed by atoms with van der Waals surface area (Å²) in [5, 5.41) is 0.251. The van der Waals surface area contributed by atoms with Crippen LogP contribution in [0.25, 0.3) is 10.9 Å². The lowest BCUT2D eigenvalue weighted by atomic mass is 9.97. The molecule has 0 bridgehead atoms. The second-order valence-corrected chi connectivity index (χ2v) is 6.13. The summed E-state index contributed by atoms with van der Waals surface area (Å²) in [5.74, 6) is -2.67. The lowest BCUT2D eigenvalue weighted by molar-refractivity contribution is -0.142. The van der Waals surface area contributed by atoms with Crippen molar-refractivity contribution in [2.45, 2.75) is 13.3 Å². The second-order valence-electron chi connectivity index (χ2n) is 6.13. The number of benzene rings is 2. The Morgan fingerprint density at radius 3 is 2.54 bits per heavy atom. The van der Waals surface area contributed by atoms with Gasteiger partial charge < -0.3 is 14.5 Å². The molecule has 0 saturated heterocycles. The Hall–Kier alpha value is -3.29. The smallest absolute Gasteiger partial charge is 0.343 e. The number of pyridine rings is 1. The molecule has 0 aliphatic carbocycles. The van der Waals surface area contributed by atoms with Gasteiger partial charge in [-0.15, -0.1) is 0 Å². The molecule has 3 rings (SSSR count). The zero-order chi connectivity index (χ0) is 20.4. The Kier molecular flexibility index (Phi) is 5.39. The quantitative estimate of drug-likeness (QED) is 0.677. The Bertz CT molecular complexity index is 1120. The van der Waals surface area contributed by atoms with Crippen LogP contribution in [0.1, 0.15) is 16.7 Å². The highest BCUT2D eigenvalue weighted by Crippen LogP contribution is 2.31. The minimum absolute atomic E-state index is 0.0896. The predicted molar refractivity (Wildman–Crippen MR) is 95.9 cm³/mol. The Labute approximate surface area is 157 Å².